The van der Waals surface area contributed by atoms with Gasteiger partial charge in [-0.25, -0.2) is 9.59 Å². The fraction of sp³-hybridized carbons (Fsp3) is 0.846. The minimum atomic E-state index is -0.890. The molecular weight excluding hydrogens is 232 g/mol. The van der Waals surface area contributed by atoms with E-state index >= 15 is 0 Å². The van der Waals surface area contributed by atoms with E-state index < -0.39 is 12.0 Å². The number of carboxylic acids is 1. The van der Waals surface area contributed by atoms with E-state index in [1.54, 1.807) is 0 Å². The third-order valence-electron chi connectivity index (χ3n) is 4.15. The first-order valence-electron chi connectivity index (χ1n) is 6.79. The molecule has 5 nitrogen and oxygen atoms in total. The van der Waals surface area contributed by atoms with Gasteiger partial charge in [0.2, 0.25) is 0 Å². The van der Waals surface area contributed by atoms with E-state index in [1.165, 1.54) is 4.90 Å². The molecule has 2 unspecified atom stereocenters. The molecule has 18 heavy (non-hydrogen) atoms. The van der Waals surface area contributed by atoms with E-state index in [4.69, 9.17) is 0 Å². The largest absolute Gasteiger partial charge is 0.480 e. The predicted octanol–water partition coefficient (Wildman–Crippen LogP) is 1.68. The lowest BCUT2D eigenvalue weighted by molar-refractivity contribution is -0.145. The van der Waals surface area contributed by atoms with Gasteiger partial charge in [0.05, 0.1) is 0 Å². The van der Waals surface area contributed by atoms with Crippen LogP contribution in [0.15, 0.2) is 0 Å². The van der Waals surface area contributed by atoms with E-state index in [-0.39, 0.29) is 18.0 Å². The lowest BCUT2D eigenvalue weighted by Crippen LogP contribution is -2.57. The van der Waals surface area contributed by atoms with Crippen molar-refractivity contribution in [3.63, 3.8) is 0 Å². The third-order valence-corrected chi connectivity index (χ3v) is 4.15. The second kappa shape index (κ2) is 5.16. The van der Waals surface area contributed by atoms with Crippen LogP contribution in [0, 0.1) is 11.8 Å². The Morgan fingerprint density at radius 1 is 1.28 bits per heavy atom. The number of rotatable bonds is 2. The Labute approximate surface area is 108 Å². The van der Waals surface area contributed by atoms with Gasteiger partial charge >= 0.3 is 12.0 Å². The number of carbonyl (C=O) groups excluding carboxylic acids is 1. The molecule has 2 amide bonds. The molecule has 1 aliphatic carbocycles. The first-order valence-corrected chi connectivity index (χ1v) is 6.79. The summed E-state index contributed by atoms with van der Waals surface area (Å²) in [6.45, 7) is 4.62. The van der Waals surface area contributed by atoms with Crippen LogP contribution in [0.5, 0.6) is 0 Å². The molecule has 1 saturated heterocycles. The standard InChI is InChI=1S/C13H22N2O3/c1-8-6-10(7-8)14-13(18)15-5-3-4-9(2)11(15)12(16)17/h8-11H,3-7H2,1-2H3,(H,14,18)(H,16,17). The highest BCUT2D eigenvalue weighted by Gasteiger charge is 2.38. The number of aliphatic carboxylic acids is 1. The van der Waals surface area contributed by atoms with Crippen molar-refractivity contribution in [1.29, 1.82) is 0 Å². The summed E-state index contributed by atoms with van der Waals surface area (Å²) in [5.41, 5.74) is 0. The number of piperidine rings is 1. The molecule has 0 aromatic heterocycles. The van der Waals surface area contributed by atoms with E-state index in [9.17, 15) is 14.7 Å². The second-order valence-corrected chi connectivity index (χ2v) is 5.82. The van der Waals surface area contributed by atoms with E-state index in [0.717, 1.165) is 25.7 Å². The van der Waals surface area contributed by atoms with Crippen molar-refractivity contribution >= 4 is 12.0 Å². The summed E-state index contributed by atoms with van der Waals surface area (Å²) in [7, 11) is 0. The summed E-state index contributed by atoms with van der Waals surface area (Å²) in [6, 6.07) is -0.638. The Kier molecular flexibility index (Phi) is 3.78. The third kappa shape index (κ3) is 2.60. The van der Waals surface area contributed by atoms with Gasteiger partial charge in [-0.3, -0.25) is 0 Å². The van der Waals surface area contributed by atoms with Crippen LogP contribution in [0.3, 0.4) is 0 Å². The SMILES string of the molecule is CC1CC(NC(=O)N2CCCC(C)C2C(=O)O)C1. The molecule has 0 radical (unpaired) electrons. The van der Waals surface area contributed by atoms with Gasteiger partial charge in [-0.15, -0.1) is 0 Å². The van der Waals surface area contributed by atoms with Crippen LogP contribution in [0.1, 0.15) is 39.5 Å². The molecule has 0 spiro atoms. The highest BCUT2D eigenvalue weighted by atomic mass is 16.4. The molecule has 1 aliphatic heterocycles. The van der Waals surface area contributed by atoms with Crippen molar-refractivity contribution in [3.05, 3.63) is 0 Å². The molecule has 5 heteroatoms. The number of urea groups is 1. The zero-order valence-electron chi connectivity index (χ0n) is 11.1. The van der Waals surface area contributed by atoms with Crippen molar-refractivity contribution < 1.29 is 14.7 Å². The Balaban J connectivity index is 1.96. The van der Waals surface area contributed by atoms with Crippen molar-refractivity contribution in [3.8, 4) is 0 Å². The smallest absolute Gasteiger partial charge is 0.326 e. The fourth-order valence-corrected chi connectivity index (χ4v) is 3.07. The number of carboxylic acid groups (broad SMARTS) is 1. The zero-order chi connectivity index (χ0) is 13.3. The molecule has 0 aromatic carbocycles. The molecule has 2 fully saturated rings. The van der Waals surface area contributed by atoms with Crippen molar-refractivity contribution in [2.45, 2.75) is 51.6 Å². The van der Waals surface area contributed by atoms with Crippen LogP contribution in [-0.2, 0) is 4.79 Å². The van der Waals surface area contributed by atoms with Gasteiger partial charge in [-0.05, 0) is 37.5 Å². The summed E-state index contributed by atoms with van der Waals surface area (Å²) < 4.78 is 0. The average Bonchev–Trinajstić information content (AvgIpc) is 2.26. The number of hydrogen-bond donors (Lipinski definition) is 2. The van der Waals surface area contributed by atoms with Gasteiger partial charge in [0, 0.05) is 12.6 Å². The molecule has 0 bridgehead atoms. The number of hydrogen-bond acceptors (Lipinski definition) is 2. The second-order valence-electron chi connectivity index (χ2n) is 5.82. The van der Waals surface area contributed by atoms with Gasteiger partial charge in [0.1, 0.15) is 6.04 Å². The number of amides is 2. The van der Waals surface area contributed by atoms with Crippen molar-refractivity contribution in [1.82, 2.24) is 10.2 Å². The van der Waals surface area contributed by atoms with Gasteiger partial charge in [0.25, 0.3) is 0 Å². The number of nitrogens with one attached hydrogen (secondary N) is 1. The predicted molar refractivity (Wildman–Crippen MR) is 67.2 cm³/mol. The Morgan fingerprint density at radius 2 is 1.94 bits per heavy atom. The van der Waals surface area contributed by atoms with Gasteiger partial charge in [-0.1, -0.05) is 13.8 Å². The summed E-state index contributed by atoms with van der Waals surface area (Å²) in [5.74, 6) is -0.188. The molecule has 2 N–H and O–H groups in total. The van der Waals surface area contributed by atoms with Crippen LogP contribution in [-0.4, -0.2) is 40.6 Å². The van der Waals surface area contributed by atoms with Crippen LogP contribution in [0.2, 0.25) is 0 Å². The maximum atomic E-state index is 12.1. The minimum absolute atomic E-state index is 0.0299. The molecule has 102 valence electrons. The average molecular weight is 254 g/mol. The monoisotopic (exact) mass is 254 g/mol. The number of likely N-dealkylation sites (tertiary alicyclic amines) is 1. The minimum Gasteiger partial charge on any atom is -0.480 e. The maximum Gasteiger partial charge on any atom is 0.326 e. The topological polar surface area (TPSA) is 69.6 Å². The van der Waals surface area contributed by atoms with E-state index in [2.05, 4.69) is 12.2 Å². The number of nitrogens with zero attached hydrogens (tertiary/aromatic N) is 1. The van der Waals surface area contributed by atoms with Gasteiger partial charge in [0.15, 0.2) is 0 Å². The molecule has 2 aliphatic rings. The van der Waals surface area contributed by atoms with Crippen LogP contribution in [0.25, 0.3) is 0 Å². The lowest BCUT2D eigenvalue weighted by atomic mass is 9.82. The van der Waals surface area contributed by atoms with Crippen molar-refractivity contribution in [2.75, 3.05) is 6.54 Å². The summed E-state index contributed by atoms with van der Waals surface area (Å²) in [5, 5.41) is 12.2. The molecule has 2 rings (SSSR count). The maximum absolute atomic E-state index is 12.1. The molecule has 1 heterocycles. The molecule has 1 saturated carbocycles. The highest BCUT2D eigenvalue weighted by molar-refractivity contribution is 5.83. The zero-order valence-corrected chi connectivity index (χ0v) is 11.1. The van der Waals surface area contributed by atoms with Crippen LogP contribution >= 0.6 is 0 Å². The normalized spacial score (nSPS) is 35.8. The Hall–Kier alpha value is -1.26. The quantitative estimate of drug-likeness (QED) is 0.787. The summed E-state index contributed by atoms with van der Waals surface area (Å²) >= 11 is 0. The molecule has 2 atom stereocenters. The van der Waals surface area contributed by atoms with Gasteiger partial charge in [-0.2, -0.15) is 0 Å². The van der Waals surface area contributed by atoms with Crippen LogP contribution < -0.4 is 5.32 Å². The van der Waals surface area contributed by atoms with Crippen molar-refractivity contribution in [2.24, 2.45) is 11.8 Å². The summed E-state index contributed by atoms with van der Waals surface area (Å²) in [4.78, 5) is 24.9. The lowest BCUT2D eigenvalue weighted by Gasteiger charge is -2.40. The molecular formula is C13H22N2O3. The van der Waals surface area contributed by atoms with E-state index in [0.29, 0.717) is 12.5 Å². The Morgan fingerprint density at radius 3 is 2.50 bits per heavy atom. The highest BCUT2D eigenvalue weighted by Crippen LogP contribution is 2.28. The number of carbonyl (C=O) groups is 2. The Bertz CT molecular complexity index is 339. The van der Waals surface area contributed by atoms with E-state index in [1.807, 2.05) is 6.92 Å². The first-order chi connectivity index (χ1) is 8.49. The molecule has 0 aromatic rings. The van der Waals surface area contributed by atoms with Crippen LogP contribution in [0.4, 0.5) is 4.79 Å². The first kappa shape index (κ1) is 13.2. The van der Waals surface area contributed by atoms with Gasteiger partial charge < -0.3 is 15.3 Å². The fourth-order valence-electron chi connectivity index (χ4n) is 3.07. The summed E-state index contributed by atoms with van der Waals surface area (Å²) in [6.07, 6.45) is 3.78.